The number of carbonyl (C=O) groups excluding carboxylic acids is 3. The average molecular weight is 353 g/mol. The molecule has 0 radical (unpaired) electrons. The van der Waals surface area contributed by atoms with Crippen molar-refractivity contribution in [1.82, 2.24) is 5.06 Å². The van der Waals surface area contributed by atoms with Crippen LogP contribution in [0.2, 0.25) is 0 Å². The van der Waals surface area contributed by atoms with Gasteiger partial charge in [-0.1, -0.05) is 20.8 Å². The van der Waals surface area contributed by atoms with E-state index in [-0.39, 0.29) is 34.8 Å². The van der Waals surface area contributed by atoms with Gasteiger partial charge in [-0.05, 0) is 12.2 Å². The number of imide groups is 1. The highest BCUT2D eigenvalue weighted by atomic mass is 32.2. The summed E-state index contributed by atoms with van der Waals surface area (Å²) in [4.78, 5) is 39.1. The Morgan fingerprint density at radius 1 is 1.32 bits per heavy atom. The van der Waals surface area contributed by atoms with Crippen LogP contribution < -0.4 is 0 Å². The molecule has 0 aliphatic carbocycles. The van der Waals surface area contributed by atoms with Crippen LogP contribution in [-0.4, -0.2) is 51.6 Å². The van der Waals surface area contributed by atoms with E-state index in [1.807, 2.05) is 20.8 Å². The molecule has 0 spiro atoms. The summed E-state index contributed by atoms with van der Waals surface area (Å²) in [6, 6.07) is 0. The SMILES string of the molecule is CC(C)(C)SCCC(C(=O)ON1C(=O)CCC1=O)S(=O)(=O)O. The number of hydroxylamine groups is 2. The summed E-state index contributed by atoms with van der Waals surface area (Å²) < 4.78 is 31.7. The molecular formula is C12H19NO7S2. The molecule has 1 aliphatic heterocycles. The van der Waals surface area contributed by atoms with Crippen LogP contribution in [-0.2, 0) is 29.3 Å². The Morgan fingerprint density at radius 2 is 1.82 bits per heavy atom. The van der Waals surface area contributed by atoms with Crippen molar-refractivity contribution in [2.75, 3.05) is 5.75 Å². The molecule has 126 valence electrons. The smallest absolute Gasteiger partial charge is 0.329 e. The first-order valence-electron chi connectivity index (χ1n) is 6.59. The molecule has 8 nitrogen and oxygen atoms in total. The maximum Gasteiger partial charge on any atom is 0.353 e. The Bertz CT molecular complexity index is 549. The molecule has 0 aromatic heterocycles. The van der Waals surface area contributed by atoms with Gasteiger partial charge in [0, 0.05) is 17.6 Å². The summed E-state index contributed by atoms with van der Waals surface area (Å²) in [5.74, 6) is -2.47. The van der Waals surface area contributed by atoms with Crippen molar-refractivity contribution in [3.05, 3.63) is 0 Å². The molecule has 22 heavy (non-hydrogen) atoms. The van der Waals surface area contributed by atoms with Crippen LogP contribution in [0.25, 0.3) is 0 Å². The Kier molecular flexibility index (Phi) is 5.99. The van der Waals surface area contributed by atoms with E-state index in [1.54, 1.807) is 0 Å². The third-order valence-corrected chi connectivity index (χ3v) is 5.18. The normalized spacial score (nSPS) is 17.7. The lowest BCUT2D eigenvalue weighted by atomic mass is 10.3. The van der Waals surface area contributed by atoms with Crippen LogP contribution in [0.3, 0.4) is 0 Å². The van der Waals surface area contributed by atoms with Crippen LogP contribution in [0.4, 0.5) is 0 Å². The molecule has 1 N–H and O–H groups in total. The van der Waals surface area contributed by atoms with Crippen LogP contribution in [0.1, 0.15) is 40.0 Å². The van der Waals surface area contributed by atoms with E-state index >= 15 is 0 Å². The lowest BCUT2D eigenvalue weighted by Crippen LogP contribution is -2.40. The van der Waals surface area contributed by atoms with Crippen molar-refractivity contribution in [2.24, 2.45) is 0 Å². The summed E-state index contributed by atoms with van der Waals surface area (Å²) in [6.45, 7) is 5.75. The van der Waals surface area contributed by atoms with Crippen LogP contribution in [0, 0.1) is 0 Å². The number of hydrogen-bond donors (Lipinski definition) is 1. The highest BCUT2D eigenvalue weighted by Crippen LogP contribution is 2.25. The second kappa shape index (κ2) is 6.97. The molecular weight excluding hydrogens is 334 g/mol. The molecule has 1 aliphatic rings. The maximum absolute atomic E-state index is 11.9. The zero-order chi connectivity index (χ0) is 17.1. The van der Waals surface area contributed by atoms with E-state index < -0.39 is 33.2 Å². The lowest BCUT2D eigenvalue weighted by Gasteiger charge is -2.20. The fraction of sp³-hybridized carbons (Fsp3) is 0.750. The van der Waals surface area contributed by atoms with E-state index in [0.29, 0.717) is 0 Å². The molecule has 10 heteroatoms. The monoisotopic (exact) mass is 353 g/mol. The number of amides is 2. The molecule has 1 saturated heterocycles. The Labute approximate surface area is 133 Å². The fourth-order valence-electron chi connectivity index (χ4n) is 1.67. The van der Waals surface area contributed by atoms with Crippen molar-refractivity contribution >= 4 is 39.7 Å². The van der Waals surface area contributed by atoms with Crippen molar-refractivity contribution in [3.8, 4) is 0 Å². The largest absolute Gasteiger partial charge is 0.353 e. The molecule has 0 bridgehead atoms. The first kappa shape index (κ1) is 18.9. The van der Waals surface area contributed by atoms with Crippen molar-refractivity contribution < 1.29 is 32.2 Å². The molecule has 0 saturated carbocycles. The van der Waals surface area contributed by atoms with Gasteiger partial charge in [-0.25, -0.2) is 4.79 Å². The van der Waals surface area contributed by atoms with Crippen molar-refractivity contribution in [3.63, 3.8) is 0 Å². The molecule has 1 unspecified atom stereocenters. The Hall–Kier alpha value is -1.13. The second-order valence-electron chi connectivity index (χ2n) is 5.75. The van der Waals surface area contributed by atoms with E-state index in [9.17, 15) is 22.8 Å². The average Bonchev–Trinajstić information content (AvgIpc) is 2.63. The predicted molar refractivity (Wildman–Crippen MR) is 79.3 cm³/mol. The Balaban J connectivity index is 2.73. The van der Waals surface area contributed by atoms with E-state index in [4.69, 9.17) is 4.55 Å². The van der Waals surface area contributed by atoms with E-state index in [0.717, 1.165) is 0 Å². The van der Waals surface area contributed by atoms with Gasteiger partial charge in [0.25, 0.3) is 21.9 Å². The van der Waals surface area contributed by atoms with Gasteiger partial charge in [0.1, 0.15) is 0 Å². The van der Waals surface area contributed by atoms with Gasteiger partial charge < -0.3 is 4.84 Å². The molecule has 1 rings (SSSR count). The van der Waals surface area contributed by atoms with Gasteiger partial charge in [0.05, 0.1) is 0 Å². The summed E-state index contributed by atoms with van der Waals surface area (Å²) in [5, 5.41) is -1.57. The number of carbonyl (C=O) groups is 3. The zero-order valence-electron chi connectivity index (χ0n) is 12.6. The standard InChI is InChI=1S/C12H19NO7S2/c1-12(2,3)21-7-6-8(22(17,18)19)11(16)20-13-9(14)4-5-10(13)15/h8H,4-7H2,1-3H3,(H,17,18,19). The first-order chi connectivity index (χ1) is 9.92. The minimum absolute atomic E-state index is 0.0947. The molecule has 0 aromatic carbocycles. The predicted octanol–water partition coefficient (Wildman–Crippen LogP) is 0.772. The third kappa shape index (κ3) is 5.58. The van der Waals surface area contributed by atoms with Crippen LogP contribution >= 0.6 is 11.8 Å². The van der Waals surface area contributed by atoms with Gasteiger partial charge in [0.15, 0.2) is 5.25 Å². The number of thioether (sulfide) groups is 1. The molecule has 1 atom stereocenters. The lowest BCUT2D eigenvalue weighted by molar-refractivity contribution is -0.197. The second-order valence-corrected chi connectivity index (χ2v) is 9.27. The molecule has 1 heterocycles. The highest BCUT2D eigenvalue weighted by Gasteiger charge is 2.39. The molecule has 1 fully saturated rings. The number of hydrogen-bond acceptors (Lipinski definition) is 7. The number of rotatable bonds is 6. The summed E-state index contributed by atoms with van der Waals surface area (Å²) >= 11 is 1.41. The van der Waals surface area contributed by atoms with Crippen LogP contribution in [0.5, 0.6) is 0 Å². The van der Waals surface area contributed by atoms with Gasteiger partial charge in [-0.15, -0.1) is 5.06 Å². The topological polar surface area (TPSA) is 118 Å². The minimum Gasteiger partial charge on any atom is -0.329 e. The van der Waals surface area contributed by atoms with Gasteiger partial charge in [-0.2, -0.15) is 20.2 Å². The highest BCUT2D eigenvalue weighted by molar-refractivity contribution is 8.00. The van der Waals surface area contributed by atoms with Crippen molar-refractivity contribution in [2.45, 2.75) is 50.0 Å². The fourth-order valence-corrected chi connectivity index (χ4v) is 3.48. The summed E-state index contributed by atoms with van der Waals surface area (Å²) in [6.07, 6.45) is -0.374. The van der Waals surface area contributed by atoms with Gasteiger partial charge >= 0.3 is 5.97 Å². The van der Waals surface area contributed by atoms with Crippen molar-refractivity contribution in [1.29, 1.82) is 0 Å². The van der Waals surface area contributed by atoms with E-state index in [1.165, 1.54) is 11.8 Å². The summed E-state index contributed by atoms with van der Waals surface area (Å²) in [5.41, 5.74) is 0. The minimum atomic E-state index is -4.70. The molecule has 0 aromatic rings. The van der Waals surface area contributed by atoms with Crippen LogP contribution in [0.15, 0.2) is 0 Å². The quantitative estimate of drug-likeness (QED) is 0.549. The Morgan fingerprint density at radius 3 is 2.23 bits per heavy atom. The maximum atomic E-state index is 11.9. The van der Waals surface area contributed by atoms with Gasteiger partial charge in [-0.3, -0.25) is 14.1 Å². The first-order valence-corrected chi connectivity index (χ1v) is 9.08. The summed E-state index contributed by atoms with van der Waals surface area (Å²) in [7, 11) is -4.70. The number of nitrogens with zero attached hydrogens (tertiary/aromatic N) is 1. The third-order valence-electron chi connectivity index (χ3n) is 2.72. The zero-order valence-corrected chi connectivity index (χ0v) is 14.2. The molecule has 2 amide bonds. The van der Waals surface area contributed by atoms with E-state index in [2.05, 4.69) is 4.84 Å². The van der Waals surface area contributed by atoms with Gasteiger partial charge in [0.2, 0.25) is 0 Å².